The van der Waals surface area contributed by atoms with Crippen LogP contribution in [-0.2, 0) is 13.1 Å². The lowest BCUT2D eigenvalue weighted by Crippen LogP contribution is -2.33. The lowest BCUT2D eigenvalue weighted by atomic mass is 9.85. The molecular weight excluding hydrogens is 354 g/mol. The molecule has 3 heterocycles. The van der Waals surface area contributed by atoms with Crippen molar-refractivity contribution in [3.63, 3.8) is 0 Å². The maximum atomic E-state index is 5.52. The number of benzene rings is 2. The lowest BCUT2D eigenvalue weighted by Gasteiger charge is -2.34. The van der Waals surface area contributed by atoms with E-state index in [2.05, 4.69) is 69.6 Å². The molecule has 2 aromatic heterocycles. The standard InChI is InChI=1S/C22H19N3OS/c1-2-6-16(7-3-1)20-13-25(12-17-8-4-5-9-19(17)20)14-21-23-22(24-26-21)18-10-11-27-15-18/h1-11,15,20H,12-14H2/t20-/m0/s1. The Bertz CT molecular complexity index is 1030. The minimum atomic E-state index is 0.357. The maximum absolute atomic E-state index is 5.52. The predicted molar refractivity (Wildman–Crippen MR) is 106 cm³/mol. The second-order valence-corrected chi connectivity index (χ2v) is 7.64. The van der Waals surface area contributed by atoms with E-state index in [1.54, 1.807) is 11.3 Å². The SMILES string of the molecule is c1ccc([C@@H]2CN(Cc3nc(-c4ccsc4)no3)Cc3ccccc32)cc1. The van der Waals surface area contributed by atoms with Crippen molar-refractivity contribution in [3.05, 3.63) is 94.0 Å². The van der Waals surface area contributed by atoms with Crippen molar-refractivity contribution in [2.75, 3.05) is 6.54 Å². The Labute approximate surface area is 162 Å². The summed E-state index contributed by atoms with van der Waals surface area (Å²) in [7, 11) is 0. The molecule has 0 saturated heterocycles. The Kier molecular flexibility index (Phi) is 4.32. The van der Waals surface area contributed by atoms with Gasteiger partial charge in [-0.15, -0.1) is 0 Å². The van der Waals surface area contributed by atoms with Gasteiger partial charge in [-0.25, -0.2) is 0 Å². The zero-order chi connectivity index (χ0) is 18.1. The highest BCUT2D eigenvalue weighted by atomic mass is 32.1. The number of hydrogen-bond acceptors (Lipinski definition) is 5. The molecule has 4 aromatic rings. The maximum Gasteiger partial charge on any atom is 0.241 e. The molecule has 0 fully saturated rings. The zero-order valence-electron chi connectivity index (χ0n) is 14.8. The molecule has 1 aliphatic heterocycles. The average molecular weight is 373 g/mol. The van der Waals surface area contributed by atoms with Crippen LogP contribution in [0.3, 0.4) is 0 Å². The van der Waals surface area contributed by atoms with Gasteiger partial charge in [-0.2, -0.15) is 16.3 Å². The van der Waals surface area contributed by atoms with E-state index in [1.165, 1.54) is 16.7 Å². The second-order valence-electron chi connectivity index (χ2n) is 6.86. The van der Waals surface area contributed by atoms with Crippen molar-refractivity contribution in [2.24, 2.45) is 0 Å². The summed E-state index contributed by atoms with van der Waals surface area (Å²) in [6.45, 7) is 2.50. The molecule has 4 nitrogen and oxygen atoms in total. The van der Waals surface area contributed by atoms with Gasteiger partial charge in [-0.05, 0) is 28.1 Å². The van der Waals surface area contributed by atoms with Crippen LogP contribution in [0.2, 0.25) is 0 Å². The van der Waals surface area contributed by atoms with Gasteiger partial charge >= 0.3 is 0 Å². The molecule has 5 heteroatoms. The molecule has 0 aliphatic carbocycles. The smallest absolute Gasteiger partial charge is 0.241 e. The van der Waals surface area contributed by atoms with Gasteiger partial charge < -0.3 is 4.52 Å². The molecule has 1 aliphatic rings. The van der Waals surface area contributed by atoms with Crippen LogP contribution in [0.1, 0.15) is 28.5 Å². The fraction of sp³-hybridized carbons (Fsp3) is 0.182. The fourth-order valence-electron chi connectivity index (χ4n) is 3.79. The van der Waals surface area contributed by atoms with Gasteiger partial charge in [0.15, 0.2) is 0 Å². The number of fused-ring (bicyclic) bond motifs is 1. The summed E-state index contributed by atoms with van der Waals surface area (Å²) in [5.74, 6) is 1.70. The number of nitrogens with zero attached hydrogens (tertiary/aromatic N) is 3. The lowest BCUT2D eigenvalue weighted by molar-refractivity contribution is 0.200. The Hall–Kier alpha value is -2.76. The molecule has 1 atom stereocenters. The molecule has 2 aromatic carbocycles. The molecule has 0 spiro atoms. The van der Waals surface area contributed by atoms with Crippen molar-refractivity contribution in [1.82, 2.24) is 15.0 Å². The van der Waals surface area contributed by atoms with Gasteiger partial charge in [0.1, 0.15) is 0 Å². The highest BCUT2D eigenvalue weighted by molar-refractivity contribution is 7.08. The van der Waals surface area contributed by atoms with E-state index in [4.69, 9.17) is 4.52 Å². The first-order valence-electron chi connectivity index (χ1n) is 9.07. The minimum absolute atomic E-state index is 0.357. The normalized spacial score (nSPS) is 17.0. The van der Waals surface area contributed by atoms with Gasteiger partial charge in [0.2, 0.25) is 11.7 Å². The Balaban J connectivity index is 1.41. The topological polar surface area (TPSA) is 42.2 Å². The third kappa shape index (κ3) is 3.31. The first-order valence-corrected chi connectivity index (χ1v) is 10.0. The quantitative estimate of drug-likeness (QED) is 0.508. The van der Waals surface area contributed by atoms with E-state index in [0.29, 0.717) is 24.2 Å². The molecule has 134 valence electrons. The van der Waals surface area contributed by atoms with Crippen LogP contribution < -0.4 is 0 Å². The molecule has 27 heavy (non-hydrogen) atoms. The van der Waals surface area contributed by atoms with Crippen molar-refractivity contribution in [2.45, 2.75) is 19.0 Å². The summed E-state index contributed by atoms with van der Waals surface area (Å²) in [5, 5.41) is 8.20. The number of rotatable bonds is 4. The van der Waals surface area contributed by atoms with Crippen LogP contribution in [0, 0.1) is 0 Å². The van der Waals surface area contributed by atoms with Crippen LogP contribution in [0.4, 0.5) is 0 Å². The number of hydrogen-bond donors (Lipinski definition) is 0. The minimum Gasteiger partial charge on any atom is -0.338 e. The van der Waals surface area contributed by atoms with Gasteiger partial charge in [0.05, 0.1) is 6.54 Å². The highest BCUT2D eigenvalue weighted by Crippen LogP contribution is 2.34. The molecule has 0 unspecified atom stereocenters. The van der Waals surface area contributed by atoms with Gasteiger partial charge in [0, 0.05) is 30.0 Å². The monoisotopic (exact) mass is 373 g/mol. The third-order valence-electron chi connectivity index (χ3n) is 5.07. The number of aromatic nitrogens is 2. The molecular formula is C22H19N3OS. The summed E-state index contributed by atoms with van der Waals surface area (Å²) >= 11 is 1.64. The van der Waals surface area contributed by atoms with E-state index in [9.17, 15) is 0 Å². The molecule has 0 N–H and O–H groups in total. The van der Waals surface area contributed by atoms with E-state index in [0.717, 1.165) is 18.7 Å². The van der Waals surface area contributed by atoms with Gasteiger partial charge in [0.25, 0.3) is 0 Å². The van der Waals surface area contributed by atoms with Gasteiger partial charge in [-0.3, -0.25) is 4.90 Å². The van der Waals surface area contributed by atoms with E-state index >= 15 is 0 Å². The predicted octanol–water partition coefficient (Wildman–Crippen LogP) is 4.95. The van der Waals surface area contributed by atoms with Crippen LogP contribution in [0.15, 0.2) is 75.9 Å². The molecule has 0 bridgehead atoms. The van der Waals surface area contributed by atoms with Crippen molar-refractivity contribution in [3.8, 4) is 11.4 Å². The zero-order valence-corrected chi connectivity index (χ0v) is 15.6. The van der Waals surface area contributed by atoms with E-state index in [-0.39, 0.29) is 0 Å². The molecule has 0 amide bonds. The Morgan fingerprint density at radius 1 is 1.04 bits per heavy atom. The Morgan fingerprint density at radius 2 is 1.89 bits per heavy atom. The summed E-state index contributed by atoms with van der Waals surface area (Å²) in [5.41, 5.74) is 5.15. The fourth-order valence-corrected chi connectivity index (χ4v) is 4.42. The first kappa shape index (κ1) is 16.4. The van der Waals surface area contributed by atoms with Crippen LogP contribution in [-0.4, -0.2) is 21.6 Å². The number of thiophene rings is 1. The van der Waals surface area contributed by atoms with E-state index in [1.807, 2.05) is 16.8 Å². The molecule has 5 rings (SSSR count). The average Bonchev–Trinajstić information content (AvgIpc) is 3.40. The first-order chi connectivity index (χ1) is 13.4. The molecule has 0 radical (unpaired) electrons. The summed E-state index contributed by atoms with van der Waals surface area (Å²) in [4.78, 5) is 6.98. The van der Waals surface area contributed by atoms with Gasteiger partial charge in [-0.1, -0.05) is 59.8 Å². The van der Waals surface area contributed by atoms with Crippen molar-refractivity contribution >= 4 is 11.3 Å². The summed E-state index contributed by atoms with van der Waals surface area (Å²) in [6.07, 6.45) is 0. The Morgan fingerprint density at radius 3 is 2.74 bits per heavy atom. The van der Waals surface area contributed by atoms with Crippen molar-refractivity contribution in [1.29, 1.82) is 0 Å². The largest absolute Gasteiger partial charge is 0.338 e. The second kappa shape index (κ2) is 7.10. The highest BCUT2D eigenvalue weighted by Gasteiger charge is 2.27. The van der Waals surface area contributed by atoms with Crippen molar-refractivity contribution < 1.29 is 4.52 Å². The van der Waals surface area contributed by atoms with Crippen LogP contribution in [0.5, 0.6) is 0 Å². The van der Waals surface area contributed by atoms with E-state index < -0.39 is 0 Å². The summed E-state index contributed by atoms with van der Waals surface area (Å²) in [6, 6.07) is 21.5. The third-order valence-corrected chi connectivity index (χ3v) is 5.76. The van der Waals surface area contributed by atoms with Crippen LogP contribution >= 0.6 is 11.3 Å². The molecule has 0 saturated carbocycles. The summed E-state index contributed by atoms with van der Waals surface area (Å²) < 4.78 is 5.52. The van der Waals surface area contributed by atoms with Crippen LogP contribution in [0.25, 0.3) is 11.4 Å².